The SMILES string of the molecule is CCC1c2cc(OCCC=O)ccc2N(C)C2C1C[N+]1(C)C(=O)C3COC(=O)[C@](O)(CC)C3CC21. The highest BCUT2D eigenvalue weighted by atomic mass is 16.6. The van der Waals surface area contributed by atoms with Crippen molar-refractivity contribution >= 4 is 23.9 Å². The molecule has 0 spiro atoms. The van der Waals surface area contributed by atoms with Gasteiger partial charge in [0.05, 0.1) is 26.2 Å². The van der Waals surface area contributed by atoms with Crippen LogP contribution in [0.3, 0.4) is 0 Å². The number of aliphatic hydroxyl groups is 1. The number of carbonyl (C=O) groups excluding carboxylic acids is 3. The van der Waals surface area contributed by atoms with Gasteiger partial charge >= 0.3 is 11.9 Å². The predicted octanol–water partition coefficient (Wildman–Crippen LogP) is 2.27. The first-order chi connectivity index (χ1) is 16.7. The Morgan fingerprint density at radius 3 is 2.77 bits per heavy atom. The number of cyclic esters (lactones) is 1. The van der Waals surface area contributed by atoms with Crippen molar-refractivity contribution in [3.05, 3.63) is 23.8 Å². The lowest BCUT2D eigenvalue weighted by atomic mass is 9.67. The van der Waals surface area contributed by atoms with Crippen LogP contribution >= 0.6 is 0 Å². The van der Waals surface area contributed by atoms with Gasteiger partial charge in [0, 0.05) is 37.4 Å². The zero-order valence-electron chi connectivity index (χ0n) is 21.1. The number of benzene rings is 1. The van der Waals surface area contributed by atoms with Crippen molar-refractivity contribution < 1.29 is 33.4 Å². The number of amides is 1. The first-order valence-corrected chi connectivity index (χ1v) is 12.9. The van der Waals surface area contributed by atoms with Crippen LogP contribution in [-0.2, 0) is 19.1 Å². The summed E-state index contributed by atoms with van der Waals surface area (Å²) in [5.41, 5.74) is 0.753. The summed E-state index contributed by atoms with van der Waals surface area (Å²) in [4.78, 5) is 39.6. The number of esters is 1. The quantitative estimate of drug-likeness (QED) is 0.286. The number of quaternary nitrogens is 1. The molecule has 8 atom stereocenters. The Kier molecular flexibility index (Phi) is 5.95. The van der Waals surface area contributed by atoms with Crippen molar-refractivity contribution in [3.63, 3.8) is 0 Å². The van der Waals surface area contributed by atoms with E-state index in [0.29, 0.717) is 23.9 Å². The maximum Gasteiger partial charge on any atom is 0.338 e. The van der Waals surface area contributed by atoms with E-state index in [1.54, 1.807) is 6.92 Å². The molecule has 1 N–H and O–H groups in total. The number of fused-ring (bicyclic) bond motifs is 5. The number of aldehydes is 1. The molecule has 3 fully saturated rings. The number of anilines is 1. The molecule has 7 unspecified atom stereocenters. The highest BCUT2D eigenvalue weighted by Crippen LogP contribution is 2.55. The third-order valence-electron chi connectivity index (χ3n) is 9.54. The molecule has 0 aliphatic carbocycles. The highest BCUT2D eigenvalue weighted by Gasteiger charge is 2.69. The Labute approximate surface area is 206 Å². The smallest absolute Gasteiger partial charge is 0.338 e. The first kappa shape index (κ1) is 24.3. The van der Waals surface area contributed by atoms with Crippen LogP contribution in [0, 0.1) is 17.8 Å². The molecular weight excluding hydrogens is 448 g/mol. The van der Waals surface area contributed by atoms with Crippen LogP contribution in [0.15, 0.2) is 18.2 Å². The molecule has 190 valence electrons. The molecule has 3 saturated heterocycles. The van der Waals surface area contributed by atoms with E-state index >= 15 is 0 Å². The summed E-state index contributed by atoms with van der Waals surface area (Å²) < 4.78 is 11.5. The number of piperidine rings is 1. The van der Waals surface area contributed by atoms with Gasteiger partial charge in [-0.15, -0.1) is 0 Å². The van der Waals surface area contributed by atoms with E-state index in [0.717, 1.165) is 30.7 Å². The van der Waals surface area contributed by atoms with Gasteiger partial charge in [0.1, 0.15) is 30.6 Å². The summed E-state index contributed by atoms with van der Waals surface area (Å²) in [7, 11) is 4.14. The number of ether oxygens (including phenoxy) is 2. The van der Waals surface area contributed by atoms with Gasteiger partial charge in [-0.3, -0.25) is 4.48 Å². The van der Waals surface area contributed by atoms with Crippen molar-refractivity contribution in [3.8, 4) is 5.75 Å². The van der Waals surface area contributed by atoms with Crippen LogP contribution in [0.25, 0.3) is 0 Å². The second kappa shape index (κ2) is 8.59. The molecule has 5 rings (SSSR count). The summed E-state index contributed by atoms with van der Waals surface area (Å²) in [6, 6.07) is 6.26. The lowest BCUT2D eigenvalue weighted by Gasteiger charge is -2.51. The Morgan fingerprint density at radius 2 is 2.09 bits per heavy atom. The molecular formula is C27H37N2O6+. The molecule has 0 radical (unpaired) electrons. The van der Waals surface area contributed by atoms with E-state index in [-0.39, 0.29) is 42.9 Å². The predicted molar refractivity (Wildman–Crippen MR) is 129 cm³/mol. The second-order valence-corrected chi connectivity index (χ2v) is 11.0. The van der Waals surface area contributed by atoms with Crippen molar-refractivity contribution in [1.82, 2.24) is 0 Å². The molecule has 4 aliphatic rings. The minimum absolute atomic E-state index is 0.00607. The third kappa shape index (κ3) is 3.36. The Bertz CT molecular complexity index is 1040. The number of nitrogens with zero attached hydrogens (tertiary/aromatic N) is 2. The zero-order chi connectivity index (χ0) is 25.1. The first-order valence-electron chi connectivity index (χ1n) is 12.9. The van der Waals surface area contributed by atoms with Crippen LogP contribution in [-0.4, -0.2) is 79.3 Å². The second-order valence-electron chi connectivity index (χ2n) is 11.0. The van der Waals surface area contributed by atoms with E-state index in [2.05, 4.69) is 31.0 Å². The van der Waals surface area contributed by atoms with E-state index in [1.165, 1.54) is 5.56 Å². The molecule has 4 heterocycles. The Morgan fingerprint density at radius 1 is 1.31 bits per heavy atom. The van der Waals surface area contributed by atoms with Gasteiger partial charge in [-0.25, -0.2) is 9.59 Å². The Hall–Kier alpha value is -2.45. The van der Waals surface area contributed by atoms with Gasteiger partial charge in [-0.05, 0) is 42.5 Å². The van der Waals surface area contributed by atoms with Crippen LogP contribution in [0.4, 0.5) is 5.69 Å². The van der Waals surface area contributed by atoms with E-state index in [9.17, 15) is 19.5 Å². The standard InChI is InChI=1S/C27H37N2O6/c1-5-17-18-12-16(34-11-7-10-30)8-9-22(18)28(3)24-19(17)14-29(4)23(24)13-21-20(25(29)31)15-35-26(32)27(21,33)6-2/h8-10,12,17,19-21,23-24,33H,5-7,11,13-15H2,1-4H3/q+1/t17?,19?,20?,21?,23?,24?,27-,29?/m0/s1. The summed E-state index contributed by atoms with van der Waals surface area (Å²) in [6.45, 7) is 5.14. The minimum atomic E-state index is -1.61. The molecule has 35 heavy (non-hydrogen) atoms. The number of carbonyl (C=O) groups is 3. The number of rotatable bonds is 6. The molecule has 4 aliphatic heterocycles. The van der Waals surface area contributed by atoms with Crippen molar-refractivity contribution in [2.45, 2.75) is 63.1 Å². The van der Waals surface area contributed by atoms with Gasteiger partial charge in [0.25, 0.3) is 0 Å². The number of hydrogen-bond acceptors (Lipinski definition) is 7. The van der Waals surface area contributed by atoms with E-state index in [4.69, 9.17) is 9.47 Å². The highest BCUT2D eigenvalue weighted by molar-refractivity contribution is 5.84. The summed E-state index contributed by atoms with van der Waals surface area (Å²) in [5, 5.41) is 11.3. The monoisotopic (exact) mass is 485 g/mol. The number of likely N-dealkylation sites (N-methyl/N-ethyl adjacent to an activating group) is 2. The summed E-state index contributed by atoms with van der Waals surface area (Å²) in [6.07, 6.45) is 3.02. The lowest BCUT2D eigenvalue weighted by molar-refractivity contribution is -0.856. The summed E-state index contributed by atoms with van der Waals surface area (Å²) >= 11 is 0. The van der Waals surface area contributed by atoms with Crippen LogP contribution in [0.2, 0.25) is 0 Å². The van der Waals surface area contributed by atoms with Gasteiger partial charge in [0.2, 0.25) is 0 Å². The lowest BCUT2D eigenvalue weighted by Crippen LogP contribution is -2.70. The molecule has 8 heteroatoms. The van der Waals surface area contributed by atoms with Crippen molar-refractivity contribution in [2.75, 3.05) is 38.8 Å². The zero-order valence-corrected chi connectivity index (χ0v) is 21.1. The molecule has 0 bridgehead atoms. The largest absolute Gasteiger partial charge is 0.493 e. The summed E-state index contributed by atoms with van der Waals surface area (Å²) in [5.74, 6) is -0.102. The molecule has 8 nitrogen and oxygen atoms in total. The molecule has 1 amide bonds. The van der Waals surface area contributed by atoms with Gasteiger partial charge in [0.15, 0.2) is 5.60 Å². The van der Waals surface area contributed by atoms with Gasteiger partial charge in [-0.2, -0.15) is 0 Å². The molecule has 0 saturated carbocycles. The van der Waals surface area contributed by atoms with Gasteiger partial charge < -0.3 is 24.3 Å². The minimum Gasteiger partial charge on any atom is -0.493 e. The third-order valence-corrected chi connectivity index (χ3v) is 9.54. The fourth-order valence-electron chi connectivity index (χ4n) is 7.76. The molecule has 0 aromatic heterocycles. The van der Waals surface area contributed by atoms with Crippen LogP contribution in [0.5, 0.6) is 5.75 Å². The average molecular weight is 486 g/mol. The number of hydrogen-bond donors (Lipinski definition) is 1. The van der Waals surface area contributed by atoms with E-state index in [1.807, 2.05) is 13.1 Å². The van der Waals surface area contributed by atoms with E-state index < -0.39 is 23.4 Å². The maximum atomic E-state index is 14.0. The maximum absolute atomic E-state index is 14.0. The topological polar surface area (TPSA) is 93.1 Å². The Balaban J connectivity index is 1.53. The fraction of sp³-hybridized carbons (Fsp3) is 0.667. The van der Waals surface area contributed by atoms with Crippen molar-refractivity contribution in [1.29, 1.82) is 0 Å². The van der Waals surface area contributed by atoms with Crippen LogP contribution in [0.1, 0.15) is 51.0 Å². The average Bonchev–Trinajstić information content (AvgIpc) is 3.16. The molecule has 1 aromatic carbocycles. The normalized spacial score (nSPS) is 39.7. The van der Waals surface area contributed by atoms with Crippen molar-refractivity contribution in [2.24, 2.45) is 17.8 Å². The van der Waals surface area contributed by atoms with Gasteiger partial charge in [-0.1, -0.05) is 13.8 Å². The fourth-order valence-corrected chi connectivity index (χ4v) is 7.76. The van der Waals surface area contributed by atoms with Crippen LogP contribution < -0.4 is 9.64 Å². The molecule has 1 aromatic rings.